The highest BCUT2D eigenvalue weighted by molar-refractivity contribution is 5.83. The van der Waals surface area contributed by atoms with Gasteiger partial charge in [-0.2, -0.15) is 0 Å². The first-order valence-corrected chi connectivity index (χ1v) is 7.98. The number of para-hydroxylation sites is 2. The summed E-state index contributed by atoms with van der Waals surface area (Å²) in [7, 11) is 0. The molecule has 0 spiro atoms. The number of imidazole rings is 1. The second-order valence-electron chi connectivity index (χ2n) is 5.64. The van der Waals surface area contributed by atoms with E-state index in [1.54, 1.807) is 0 Å². The maximum Gasteiger partial charge on any atom is 0.230 e. The van der Waals surface area contributed by atoms with Gasteiger partial charge in [-0.05, 0) is 23.3 Å². The van der Waals surface area contributed by atoms with Crippen molar-refractivity contribution in [3.63, 3.8) is 0 Å². The maximum atomic E-state index is 4.69. The molecule has 116 valence electrons. The van der Waals surface area contributed by atoms with E-state index in [1.165, 1.54) is 5.56 Å². The van der Waals surface area contributed by atoms with Crippen LogP contribution in [0, 0.1) is 0 Å². The first kappa shape index (κ1) is 14.4. The fourth-order valence-electron chi connectivity index (χ4n) is 2.75. The quantitative estimate of drug-likeness (QED) is 0.496. The molecule has 4 rings (SSSR count). The second kappa shape index (κ2) is 6.50. The summed E-state index contributed by atoms with van der Waals surface area (Å²) in [6.45, 7) is 0.753. The molecule has 4 aromatic rings. The average molecular weight is 311 g/mol. The van der Waals surface area contributed by atoms with Crippen molar-refractivity contribution in [2.24, 2.45) is 4.99 Å². The second-order valence-corrected chi connectivity index (χ2v) is 5.64. The number of benzene rings is 3. The van der Waals surface area contributed by atoms with Gasteiger partial charge < -0.3 is 4.57 Å². The molecule has 0 bridgehead atoms. The zero-order valence-electron chi connectivity index (χ0n) is 13.2. The smallest absolute Gasteiger partial charge is 0.230 e. The minimum Gasteiger partial charge on any atom is -0.304 e. The Kier molecular flexibility index (Phi) is 3.90. The minimum absolute atomic E-state index is 0.726. The van der Waals surface area contributed by atoms with Crippen molar-refractivity contribution in [1.29, 1.82) is 0 Å². The molecule has 0 atom stereocenters. The van der Waals surface area contributed by atoms with E-state index in [-0.39, 0.29) is 0 Å². The molecule has 1 heterocycles. The predicted octanol–water partition coefficient (Wildman–Crippen LogP) is 4.84. The van der Waals surface area contributed by atoms with E-state index >= 15 is 0 Å². The topological polar surface area (TPSA) is 30.2 Å². The fraction of sp³-hybridized carbons (Fsp3) is 0.0476. The van der Waals surface area contributed by atoms with Crippen molar-refractivity contribution in [2.45, 2.75) is 6.54 Å². The number of hydrogen-bond acceptors (Lipinski definition) is 2. The highest BCUT2D eigenvalue weighted by Crippen LogP contribution is 2.23. The summed E-state index contributed by atoms with van der Waals surface area (Å²) >= 11 is 0. The van der Waals surface area contributed by atoms with Crippen LogP contribution in [-0.4, -0.2) is 15.8 Å². The van der Waals surface area contributed by atoms with Crippen LogP contribution in [0.2, 0.25) is 0 Å². The van der Waals surface area contributed by atoms with Crippen molar-refractivity contribution in [2.75, 3.05) is 0 Å². The molecule has 0 radical (unpaired) electrons. The van der Waals surface area contributed by atoms with E-state index in [1.807, 2.05) is 60.8 Å². The minimum atomic E-state index is 0.726. The van der Waals surface area contributed by atoms with E-state index < -0.39 is 0 Å². The van der Waals surface area contributed by atoms with Gasteiger partial charge in [0, 0.05) is 6.21 Å². The molecule has 0 aliphatic carbocycles. The van der Waals surface area contributed by atoms with E-state index in [0.29, 0.717) is 0 Å². The Hall–Kier alpha value is -3.20. The third-order valence-electron chi connectivity index (χ3n) is 3.95. The van der Waals surface area contributed by atoms with Gasteiger partial charge >= 0.3 is 0 Å². The van der Waals surface area contributed by atoms with Crippen LogP contribution < -0.4 is 0 Å². The Balaban J connectivity index is 1.77. The van der Waals surface area contributed by atoms with E-state index in [4.69, 9.17) is 0 Å². The van der Waals surface area contributed by atoms with Gasteiger partial charge in [0.2, 0.25) is 5.95 Å². The van der Waals surface area contributed by atoms with Crippen LogP contribution in [0.5, 0.6) is 0 Å². The highest BCUT2D eigenvalue weighted by atomic mass is 15.2. The lowest BCUT2D eigenvalue weighted by atomic mass is 10.2. The summed E-state index contributed by atoms with van der Waals surface area (Å²) in [6.07, 6.45) is 1.86. The molecule has 0 N–H and O–H groups in total. The van der Waals surface area contributed by atoms with Gasteiger partial charge in [-0.1, -0.05) is 72.8 Å². The van der Waals surface area contributed by atoms with Crippen LogP contribution in [0.3, 0.4) is 0 Å². The van der Waals surface area contributed by atoms with Crippen molar-refractivity contribution in [3.8, 4) is 0 Å². The molecular formula is C21H17N3. The van der Waals surface area contributed by atoms with Gasteiger partial charge in [0.1, 0.15) is 0 Å². The number of fused-ring (bicyclic) bond motifs is 1. The summed E-state index contributed by atoms with van der Waals surface area (Å²) in [5.74, 6) is 0.726. The van der Waals surface area contributed by atoms with E-state index in [2.05, 4.69) is 44.9 Å². The molecular weight excluding hydrogens is 294 g/mol. The number of hydrogen-bond donors (Lipinski definition) is 0. The Labute approximate surface area is 140 Å². The van der Waals surface area contributed by atoms with E-state index in [0.717, 1.165) is 29.1 Å². The Morgan fingerprint density at radius 1 is 0.792 bits per heavy atom. The number of aromatic nitrogens is 2. The molecule has 24 heavy (non-hydrogen) atoms. The summed E-state index contributed by atoms with van der Waals surface area (Å²) in [5.41, 5.74) is 4.36. The van der Waals surface area contributed by atoms with Crippen LogP contribution in [0.15, 0.2) is 89.9 Å². The number of nitrogens with zero attached hydrogens (tertiary/aromatic N) is 3. The maximum absolute atomic E-state index is 4.69. The lowest BCUT2D eigenvalue weighted by Crippen LogP contribution is -1.99. The molecule has 3 nitrogen and oxygen atoms in total. The monoisotopic (exact) mass is 311 g/mol. The van der Waals surface area contributed by atoms with Crippen molar-refractivity contribution in [3.05, 3.63) is 96.1 Å². The molecule has 0 amide bonds. The third kappa shape index (κ3) is 2.97. The predicted molar refractivity (Wildman–Crippen MR) is 99.0 cm³/mol. The Bertz CT molecular complexity index is 970. The molecule has 0 saturated carbocycles. The van der Waals surface area contributed by atoms with Crippen LogP contribution in [0.1, 0.15) is 11.1 Å². The number of rotatable bonds is 4. The standard InChI is InChI=1S/C21H17N3/c1-3-9-17(10-4-1)15-22-21-23-19-13-7-8-14-20(19)24(21)16-18-11-5-2-6-12-18/h1-15H,16H2. The fourth-order valence-corrected chi connectivity index (χ4v) is 2.75. The summed E-state index contributed by atoms with van der Waals surface area (Å²) < 4.78 is 2.16. The lowest BCUT2D eigenvalue weighted by molar-refractivity contribution is 0.827. The Morgan fingerprint density at radius 3 is 2.25 bits per heavy atom. The summed E-state index contributed by atoms with van der Waals surface area (Å²) in [4.78, 5) is 9.33. The van der Waals surface area contributed by atoms with Gasteiger partial charge in [0.15, 0.2) is 0 Å². The summed E-state index contributed by atoms with van der Waals surface area (Å²) in [6, 6.07) is 28.6. The van der Waals surface area contributed by atoms with Gasteiger partial charge in [-0.25, -0.2) is 9.98 Å². The van der Waals surface area contributed by atoms with Gasteiger partial charge in [-0.15, -0.1) is 0 Å². The Morgan fingerprint density at radius 2 is 1.46 bits per heavy atom. The van der Waals surface area contributed by atoms with Gasteiger partial charge in [-0.3, -0.25) is 0 Å². The van der Waals surface area contributed by atoms with Crippen molar-refractivity contribution in [1.82, 2.24) is 9.55 Å². The first-order valence-electron chi connectivity index (χ1n) is 7.98. The zero-order valence-corrected chi connectivity index (χ0v) is 13.2. The first-order chi connectivity index (χ1) is 11.9. The van der Waals surface area contributed by atoms with E-state index in [9.17, 15) is 0 Å². The number of aliphatic imine (C=N–C) groups is 1. The van der Waals surface area contributed by atoms with Crippen molar-refractivity contribution < 1.29 is 0 Å². The van der Waals surface area contributed by atoms with Crippen LogP contribution in [-0.2, 0) is 6.54 Å². The summed E-state index contributed by atoms with van der Waals surface area (Å²) in [5, 5.41) is 0. The zero-order chi connectivity index (χ0) is 16.2. The van der Waals surface area contributed by atoms with Crippen LogP contribution in [0.4, 0.5) is 5.95 Å². The third-order valence-corrected chi connectivity index (χ3v) is 3.95. The molecule has 0 unspecified atom stereocenters. The largest absolute Gasteiger partial charge is 0.304 e. The lowest BCUT2D eigenvalue weighted by Gasteiger charge is -2.06. The molecule has 3 aromatic carbocycles. The molecule has 3 heteroatoms. The molecule has 0 aliphatic heterocycles. The van der Waals surface area contributed by atoms with Crippen LogP contribution >= 0.6 is 0 Å². The van der Waals surface area contributed by atoms with Gasteiger partial charge in [0.25, 0.3) is 0 Å². The molecule has 0 saturated heterocycles. The highest BCUT2D eigenvalue weighted by Gasteiger charge is 2.09. The SMILES string of the molecule is C(=Nc1nc2ccccc2n1Cc1ccccc1)c1ccccc1. The molecule has 0 fully saturated rings. The average Bonchev–Trinajstić information content (AvgIpc) is 2.99. The molecule has 1 aromatic heterocycles. The normalized spacial score (nSPS) is 11.3. The van der Waals surface area contributed by atoms with Crippen molar-refractivity contribution >= 4 is 23.2 Å². The van der Waals surface area contributed by atoms with Crippen LogP contribution in [0.25, 0.3) is 11.0 Å². The molecule has 0 aliphatic rings. The van der Waals surface area contributed by atoms with Gasteiger partial charge in [0.05, 0.1) is 17.6 Å².